The van der Waals surface area contributed by atoms with Gasteiger partial charge in [-0.1, -0.05) is 18.5 Å². The largest absolute Gasteiger partial charge is 0.399 e. The molecule has 0 aliphatic rings. The second kappa shape index (κ2) is 5.30. The molecule has 3 rings (SSSR count). The predicted octanol–water partition coefficient (Wildman–Crippen LogP) is 3.19. The summed E-state index contributed by atoms with van der Waals surface area (Å²) in [6.07, 6.45) is 0.729. The zero-order valence-electron chi connectivity index (χ0n) is 11.8. The van der Waals surface area contributed by atoms with E-state index in [1.807, 2.05) is 6.92 Å². The van der Waals surface area contributed by atoms with Crippen LogP contribution in [0.1, 0.15) is 12.7 Å². The molecule has 7 heteroatoms. The fraction of sp³-hybridized carbons (Fsp3) is 0.133. The van der Waals surface area contributed by atoms with Crippen molar-refractivity contribution in [2.75, 3.05) is 5.73 Å². The molecule has 1 aromatic heterocycles. The minimum atomic E-state index is -3.71. The Kier molecular flexibility index (Phi) is 3.58. The summed E-state index contributed by atoms with van der Waals surface area (Å²) < 4.78 is 25.5. The Bertz CT molecular complexity index is 947. The van der Waals surface area contributed by atoms with E-state index < -0.39 is 9.84 Å². The predicted molar refractivity (Wildman–Crippen MR) is 86.8 cm³/mol. The molecule has 3 aromatic rings. The first-order chi connectivity index (χ1) is 10.4. The highest BCUT2D eigenvalue weighted by Gasteiger charge is 2.22. The molecule has 2 aromatic carbocycles. The highest BCUT2D eigenvalue weighted by atomic mass is 35.5. The summed E-state index contributed by atoms with van der Waals surface area (Å²) in [6, 6.07) is 9.12. The molecule has 5 nitrogen and oxygen atoms in total. The molecule has 22 heavy (non-hydrogen) atoms. The maximum atomic E-state index is 12.7. The topological polar surface area (TPSA) is 88.8 Å². The van der Waals surface area contributed by atoms with E-state index in [1.165, 1.54) is 18.2 Å². The van der Waals surface area contributed by atoms with Gasteiger partial charge in [-0.15, -0.1) is 0 Å². The Morgan fingerprint density at radius 2 is 1.91 bits per heavy atom. The maximum absolute atomic E-state index is 12.7. The quantitative estimate of drug-likeness (QED) is 0.719. The van der Waals surface area contributed by atoms with Gasteiger partial charge in [0.05, 0.1) is 25.8 Å². The van der Waals surface area contributed by atoms with E-state index in [0.717, 1.165) is 12.2 Å². The van der Waals surface area contributed by atoms with Crippen LogP contribution in [0, 0.1) is 0 Å². The van der Waals surface area contributed by atoms with Crippen LogP contribution in [-0.4, -0.2) is 18.4 Å². The first-order valence-corrected chi connectivity index (χ1v) is 8.56. The second-order valence-electron chi connectivity index (χ2n) is 4.91. The standard InChI is InChI=1S/C15H14ClN3O2S/c1-2-15-18-12-7-11(16)14(8-13(12)19-15)22(20,21)10-5-3-9(17)4-6-10/h3-8H,2,17H2,1H3,(H,18,19). The summed E-state index contributed by atoms with van der Waals surface area (Å²) in [5, 5.41) is 0.151. The Morgan fingerprint density at radius 1 is 1.23 bits per heavy atom. The summed E-state index contributed by atoms with van der Waals surface area (Å²) in [5.41, 5.74) is 7.40. The Balaban J connectivity index is 2.19. The van der Waals surface area contributed by atoms with Crippen LogP contribution in [0.5, 0.6) is 0 Å². The third-order valence-corrected chi connectivity index (χ3v) is 5.63. The van der Waals surface area contributed by atoms with Crippen LogP contribution in [0.15, 0.2) is 46.2 Å². The second-order valence-corrected chi connectivity index (χ2v) is 7.23. The number of nitrogen functional groups attached to an aromatic ring is 1. The molecule has 0 bridgehead atoms. The van der Waals surface area contributed by atoms with Crippen LogP contribution < -0.4 is 5.73 Å². The van der Waals surface area contributed by atoms with Gasteiger partial charge < -0.3 is 10.7 Å². The highest BCUT2D eigenvalue weighted by molar-refractivity contribution is 7.91. The lowest BCUT2D eigenvalue weighted by Gasteiger charge is -2.07. The van der Waals surface area contributed by atoms with E-state index >= 15 is 0 Å². The van der Waals surface area contributed by atoms with Crippen molar-refractivity contribution in [3.05, 3.63) is 47.2 Å². The molecule has 3 N–H and O–H groups in total. The van der Waals surface area contributed by atoms with Crippen molar-refractivity contribution < 1.29 is 8.42 Å². The van der Waals surface area contributed by atoms with Crippen LogP contribution in [0.3, 0.4) is 0 Å². The number of aromatic nitrogens is 2. The first-order valence-electron chi connectivity index (χ1n) is 6.70. The normalized spacial score (nSPS) is 11.9. The van der Waals surface area contributed by atoms with Crippen molar-refractivity contribution >= 4 is 38.2 Å². The lowest BCUT2D eigenvalue weighted by molar-refractivity contribution is 0.596. The number of benzene rings is 2. The molecule has 0 unspecified atom stereocenters. The van der Waals surface area contributed by atoms with Gasteiger partial charge in [0.2, 0.25) is 9.84 Å². The number of halogens is 1. The van der Waals surface area contributed by atoms with Gasteiger partial charge in [-0.2, -0.15) is 0 Å². The van der Waals surface area contributed by atoms with E-state index in [1.54, 1.807) is 18.2 Å². The Labute approximate surface area is 133 Å². The zero-order chi connectivity index (χ0) is 15.9. The SMILES string of the molecule is CCc1nc2cc(Cl)c(S(=O)(=O)c3ccc(N)cc3)cc2[nH]1. The van der Waals surface area contributed by atoms with Gasteiger partial charge in [0.25, 0.3) is 0 Å². The molecule has 0 saturated carbocycles. The third kappa shape index (κ3) is 2.44. The molecule has 114 valence electrons. The number of nitrogens with one attached hydrogen (secondary N) is 1. The lowest BCUT2D eigenvalue weighted by atomic mass is 10.3. The average molecular weight is 336 g/mol. The van der Waals surface area contributed by atoms with E-state index in [0.29, 0.717) is 16.7 Å². The third-order valence-electron chi connectivity index (χ3n) is 3.40. The summed E-state index contributed by atoms with van der Waals surface area (Å²) in [5.74, 6) is 0.785. The van der Waals surface area contributed by atoms with Crippen molar-refractivity contribution in [2.24, 2.45) is 0 Å². The minimum absolute atomic E-state index is 0.0535. The van der Waals surface area contributed by atoms with Crippen molar-refractivity contribution in [3.63, 3.8) is 0 Å². The summed E-state index contributed by atoms with van der Waals surface area (Å²) in [7, 11) is -3.71. The maximum Gasteiger partial charge on any atom is 0.208 e. The fourth-order valence-electron chi connectivity index (χ4n) is 2.21. The Morgan fingerprint density at radius 3 is 2.55 bits per heavy atom. The number of sulfone groups is 1. The molecule has 1 heterocycles. The number of H-pyrrole nitrogens is 1. The van der Waals surface area contributed by atoms with E-state index in [9.17, 15) is 8.42 Å². The number of nitrogens with zero attached hydrogens (tertiary/aromatic N) is 1. The van der Waals surface area contributed by atoms with Crippen molar-refractivity contribution in [2.45, 2.75) is 23.1 Å². The molecule has 0 amide bonds. The smallest absolute Gasteiger partial charge is 0.208 e. The number of imidazole rings is 1. The van der Waals surface area contributed by atoms with Crippen molar-refractivity contribution in [3.8, 4) is 0 Å². The monoisotopic (exact) mass is 335 g/mol. The van der Waals surface area contributed by atoms with Crippen LogP contribution in [0.4, 0.5) is 5.69 Å². The molecule has 0 aliphatic carbocycles. The minimum Gasteiger partial charge on any atom is -0.399 e. The molecule has 0 aliphatic heterocycles. The van der Waals surface area contributed by atoms with Crippen molar-refractivity contribution in [1.29, 1.82) is 0 Å². The summed E-state index contributed by atoms with van der Waals surface area (Å²) >= 11 is 6.16. The number of nitrogens with two attached hydrogens (primary N) is 1. The summed E-state index contributed by atoms with van der Waals surface area (Å²) in [6.45, 7) is 1.96. The highest BCUT2D eigenvalue weighted by Crippen LogP contribution is 2.31. The zero-order valence-corrected chi connectivity index (χ0v) is 13.4. The van der Waals surface area contributed by atoms with Gasteiger partial charge in [0.15, 0.2) is 0 Å². The molecule has 0 atom stereocenters. The van der Waals surface area contributed by atoms with Gasteiger partial charge in [-0.05, 0) is 36.4 Å². The summed E-state index contributed by atoms with van der Waals surface area (Å²) in [4.78, 5) is 7.64. The van der Waals surface area contributed by atoms with E-state index in [-0.39, 0.29) is 14.8 Å². The average Bonchev–Trinajstić information content (AvgIpc) is 2.88. The van der Waals surface area contributed by atoms with Crippen LogP contribution in [-0.2, 0) is 16.3 Å². The van der Waals surface area contributed by atoms with Gasteiger partial charge in [0.1, 0.15) is 5.82 Å². The van der Waals surface area contributed by atoms with Crippen LogP contribution >= 0.6 is 11.6 Å². The molecular formula is C15H14ClN3O2S. The molecule has 0 spiro atoms. The lowest BCUT2D eigenvalue weighted by Crippen LogP contribution is -2.03. The number of fused-ring (bicyclic) bond motifs is 1. The molecule has 0 fully saturated rings. The number of rotatable bonds is 3. The molecule has 0 saturated heterocycles. The fourth-order valence-corrected chi connectivity index (χ4v) is 4.01. The van der Waals surface area contributed by atoms with Gasteiger partial charge in [0, 0.05) is 12.1 Å². The van der Waals surface area contributed by atoms with Crippen LogP contribution in [0.25, 0.3) is 11.0 Å². The molecule has 0 radical (unpaired) electrons. The van der Waals surface area contributed by atoms with Gasteiger partial charge in [-0.25, -0.2) is 13.4 Å². The first kappa shape index (κ1) is 14.9. The van der Waals surface area contributed by atoms with E-state index in [2.05, 4.69) is 9.97 Å². The van der Waals surface area contributed by atoms with Gasteiger partial charge in [-0.3, -0.25) is 0 Å². The van der Waals surface area contributed by atoms with E-state index in [4.69, 9.17) is 17.3 Å². The van der Waals surface area contributed by atoms with Crippen LogP contribution in [0.2, 0.25) is 5.02 Å². The van der Waals surface area contributed by atoms with Gasteiger partial charge >= 0.3 is 0 Å². The number of hydrogen-bond donors (Lipinski definition) is 2. The van der Waals surface area contributed by atoms with Crippen molar-refractivity contribution in [1.82, 2.24) is 9.97 Å². The molecular weight excluding hydrogens is 322 g/mol. The number of hydrogen-bond acceptors (Lipinski definition) is 4. The number of aryl methyl sites for hydroxylation is 1. The number of anilines is 1. The Hall–Kier alpha value is -2.05. The number of aromatic amines is 1.